The van der Waals surface area contributed by atoms with E-state index in [1.807, 2.05) is 52.8 Å². The van der Waals surface area contributed by atoms with E-state index < -0.39 is 18.1 Å². The molecule has 408 valence electrons. The lowest BCUT2D eigenvalue weighted by Gasteiger charge is -2.38. The van der Waals surface area contributed by atoms with Gasteiger partial charge in [-0.2, -0.15) is 15.0 Å². The van der Waals surface area contributed by atoms with Crippen LogP contribution in [0, 0.1) is 24.2 Å². The lowest BCUT2D eigenvalue weighted by molar-refractivity contribution is -0.139. The van der Waals surface area contributed by atoms with E-state index in [0.717, 1.165) is 29.4 Å². The van der Waals surface area contributed by atoms with Crippen molar-refractivity contribution in [2.24, 2.45) is 23.3 Å². The number of amides is 2. The molecule has 2 aliphatic rings. The largest absolute Gasteiger partial charge is 1.00 e. The van der Waals surface area contributed by atoms with Gasteiger partial charge in [0.2, 0.25) is 29.7 Å². The maximum atomic E-state index is 14.7. The van der Waals surface area contributed by atoms with Gasteiger partial charge in [-0.25, -0.2) is 9.36 Å². The fraction of sp³-hybridized carbons (Fsp3) is 0.600. The van der Waals surface area contributed by atoms with Gasteiger partial charge in [0.25, 0.3) is 0 Å². The number of aromatic amines is 1. The maximum Gasteiger partial charge on any atom is 0.303 e. The smallest absolute Gasteiger partial charge is 0.303 e. The number of piperazine rings is 2. The van der Waals surface area contributed by atoms with Gasteiger partial charge < -0.3 is 73.1 Å². The van der Waals surface area contributed by atoms with Crippen LogP contribution in [0.3, 0.4) is 0 Å². The lowest BCUT2D eigenvalue weighted by Crippen LogP contribution is -3.00. The predicted octanol–water partition coefficient (Wildman–Crippen LogP) is -0.386. The number of nitrogens with one attached hydrogen (secondary N) is 2. The second kappa shape index (κ2) is 28.4. The number of halogens is 1. The molecule has 25 heteroatoms. The third-order valence-electron chi connectivity index (χ3n) is 13.4. The molecule has 5 atom stereocenters. The Morgan fingerprint density at radius 2 is 1.37 bits per heavy atom. The number of aromatic nitrogens is 10. The molecule has 7 rings (SSSR count). The number of nitrogens with two attached hydrogens (primary N) is 2. The van der Waals surface area contributed by atoms with Crippen molar-refractivity contribution in [2.75, 3.05) is 114 Å². The summed E-state index contributed by atoms with van der Waals surface area (Å²) in [5.41, 5.74) is 16.0. The first-order chi connectivity index (χ1) is 35.8. The third kappa shape index (κ3) is 16.0. The monoisotopic (exact) mass is 1060 g/mol. The summed E-state index contributed by atoms with van der Waals surface area (Å²) in [6, 6.07) is 7.85. The van der Waals surface area contributed by atoms with Gasteiger partial charge in [0.15, 0.2) is 0 Å². The second-order valence-electron chi connectivity index (χ2n) is 19.2. The molecule has 2 amide bonds. The molecule has 0 saturated carbocycles. The molecule has 6 heterocycles. The number of carboxylic acids is 1. The lowest BCUT2D eigenvalue weighted by atomic mass is 9.98. The number of carbonyl (C=O) groups excluding carboxylic acids is 2. The Bertz CT molecular complexity index is 2590. The quantitative estimate of drug-likeness (QED) is 0.0315. The van der Waals surface area contributed by atoms with Crippen LogP contribution in [0.4, 0.5) is 17.8 Å². The number of H-pyrrole nitrogens is 1. The van der Waals surface area contributed by atoms with Crippen molar-refractivity contribution < 1.29 is 46.1 Å². The van der Waals surface area contributed by atoms with Gasteiger partial charge in [-0.3, -0.25) is 14.4 Å². The van der Waals surface area contributed by atoms with Gasteiger partial charge in [-0.15, -0.1) is 16.6 Å². The van der Waals surface area contributed by atoms with Crippen LogP contribution < -0.4 is 39.0 Å². The van der Waals surface area contributed by atoms with Crippen LogP contribution in [0.1, 0.15) is 94.6 Å². The summed E-state index contributed by atoms with van der Waals surface area (Å²) >= 11 is 0. The van der Waals surface area contributed by atoms with E-state index in [9.17, 15) is 19.5 Å². The summed E-state index contributed by atoms with van der Waals surface area (Å²) < 4.78 is 19.7. The number of hydrogen-bond donors (Lipinski definition) is 5. The van der Waals surface area contributed by atoms with Crippen LogP contribution in [-0.2, 0) is 35.0 Å². The zero-order valence-corrected chi connectivity index (χ0v) is 44.2. The standard InChI is InChI=1S/C50H73N17O7.ClH/c1-6-23-72-25-27-74-28-26-73-24-14-53-48-55-49(64-19-15-62(16-20-64)46(70)42(12-13-44(68)69)66-33-41(59-61-66)45(52)35(5)7-2)57-50(56-48)65-21-17-63(18-22-65)47(71)43(31-37-30-36-10-8-9-11-39(36)54-37)67-32-40(58-60-67)38(51)29-34(3)4;/h1,8-11,30,32-35,38,42-43,45,54H,7,12-29,31,51-52H2,2-5H3,(H,68,69)(H,53,55,56,57);1H/p-1/t35-,38?,42+,43+,45?;/m1./s1. The van der Waals surface area contributed by atoms with Crippen molar-refractivity contribution in [3.8, 4) is 12.3 Å². The summed E-state index contributed by atoms with van der Waals surface area (Å²) in [6.45, 7) is 14.0. The van der Waals surface area contributed by atoms with E-state index in [4.69, 9.17) is 47.1 Å². The molecule has 7 N–H and O–H groups in total. The van der Waals surface area contributed by atoms with Crippen LogP contribution in [0.25, 0.3) is 10.9 Å². The first-order valence-electron chi connectivity index (χ1n) is 25.7. The molecule has 2 fully saturated rings. The van der Waals surface area contributed by atoms with Crippen LogP contribution >= 0.6 is 0 Å². The van der Waals surface area contributed by atoms with E-state index in [2.05, 4.69) is 56.8 Å². The zero-order chi connectivity index (χ0) is 52.6. The van der Waals surface area contributed by atoms with Crippen molar-refractivity contribution in [2.45, 2.75) is 84.0 Å². The third-order valence-corrected chi connectivity index (χ3v) is 13.4. The highest BCUT2D eigenvalue weighted by molar-refractivity contribution is 5.83. The molecule has 2 aliphatic heterocycles. The molecule has 75 heavy (non-hydrogen) atoms. The molecule has 5 aromatic rings. The molecule has 0 bridgehead atoms. The highest BCUT2D eigenvalue weighted by Gasteiger charge is 2.34. The normalized spacial score (nSPS) is 16.1. The number of nitrogens with zero attached hydrogens (tertiary/aromatic N) is 13. The van der Waals surface area contributed by atoms with Gasteiger partial charge in [0.1, 0.15) is 18.7 Å². The van der Waals surface area contributed by atoms with E-state index in [1.54, 1.807) is 22.0 Å². The maximum absolute atomic E-state index is 14.7. The fourth-order valence-corrected chi connectivity index (χ4v) is 8.95. The fourth-order valence-electron chi connectivity index (χ4n) is 8.95. The Labute approximate surface area is 444 Å². The minimum Gasteiger partial charge on any atom is -1.00 e. The summed E-state index contributed by atoms with van der Waals surface area (Å²) in [5, 5.41) is 31.3. The van der Waals surface area contributed by atoms with Gasteiger partial charge in [-0.1, -0.05) is 68.7 Å². The first kappa shape index (κ1) is 57.8. The number of terminal acetylenes is 1. The van der Waals surface area contributed by atoms with Crippen molar-refractivity contribution in [3.63, 3.8) is 0 Å². The van der Waals surface area contributed by atoms with Crippen molar-refractivity contribution >= 4 is 46.5 Å². The number of carboxylic acid groups (broad SMARTS) is 1. The van der Waals surface area contributed by atoms with Gasteiger partial charge >= 0.3 is 5.97 Å². The number of ether oxygens (including phenoxy) is 3. The van der Waals surface area contributed by atoms with Crippen molar-refractivity contribution in [1.29, 1.82) is 0 Å². The van der Waals surface area contributed by atoms with E-state index in [1.165, 1.54) is 4.68 Å². The van der Waals surface area contributed by atoms with Crippen molar-refractivity contribution in [3.05, 3.63) is 59.8 Å². The van der Waals surface area contributed by atoms with Gasteiger partial charge in [0, 0.05) is 83.0 Å². The van der Waals surface area contributed by atoms with Crippen molar-refractivity contribution in [1.82, 2.24) is 59.7 Å². The van der Waals surface area contributed by atoms with Crippen LogP contribution in [0.5, 0.6) is 0 Å². The van der Waals surface area contributed by atoms with E-state index in [-0.39, 0.29) is 61.7 Å². The number of carbonyl (C=O) groups is 3. The molecule has 1 aromatic carbocycles. The Balaban J connectivity index is 0.00000914. The summed E-state index contributed by atoms with van der Waals surface area (Å²) in [5.74, 6) is 2.76. The Hall–Kier alpha value is -6.49. The summed E-state index contributed by atoms with van der Waals surface area (Å²) in [6.07, 6.45) is 10.4. The molecule has 4 aromatic heterocycles. The predicted molar refractivity (Wildman–Crippen MR) is 277 cm³/mol. The molecular formula is C50H73ClN17O7-. The molecule has 24 nitrogen and oxygen atoms in total. The minimum absolute atomic E-state index is 0. The highest BCUT2D eigenvalue weighted by Crippen LogP contribution is 2.27. The average molecular weight is 1060 g/mol. The number of aliphatic carboxylic acids is 1. The molecule has 0 radical (unpaired) electrons. The van der Waals surface area contributed by atoms with Crippen LogP contribution in [-0.4, -0.2) is 181 Å². The average Bonchev–Trinajstić information content (AvgIpc) is 4.20. The number of rotatable bonds is 28. The molecular weight excluding hydrogens is 986 g/mol. The van der Waals surface area contributed by atoms with Gasteiger partial charge in [0.05, 0.1) is 68.9 Å². The molecule has 2 saturated heterocycles. The molecule has 0 aliphatic carbocycles. The molecule has 0 spiro atoms. The number of benzene rings is 1. The highest BCUT2D eigenvalue weighted by atomic mass is 35.5. The number of fused-ring (bicyclic) bond motifs is 1. The molecule has 2 unspecified atom stereocenters. The number of para-hydroxylation sites is 1. The minimum atomic E-state index is -1.01. The second-order valence-corrected chi connectivity index (χ2v) is 19.2. The first-order valence-corrected chi connectivity index (χ1v) is 25.7. The summed E-state index contributed by atoms with van der Waals surface area (Å²) in [4.78, 5) is 66.3. The van der Waals surface area contributed by atoms with Gasteiger partial charge in [-0.05, 0) is 42.2 Å². The Kier molecular flexibility index (Phi) is 21.9. The Morgan fingerprint density at radius 1 is 0.800 bits per heavy atom. The van der Waals surface area contributed by atoms with E-state index in [0.29, 0.717) is 134 Å². The topological polar surface area (TPSA) is 292 Å². The Morgan fingerprint density at radius 3 is 1.97 bits per heavy atom. The van der Waals surface area contributed by atoms with Crippen LogP contribution in [0.15, 0.2) is 42.7 Å². The zero-order valence-electron chi connectivity index (χ0n) is 43.5. The summed E-state index contributed by atoms with van der Waals surface area (Å²) in [7, 11) is 0. The number of anilines is 3. The van der Waals surface area contributed by atoms with Crippen LogP contribution in [0.2, 0.25) is 0 Å². The van der Waals surface area contributed by atoms with E-state index >= 15 is 0 Å². The number of hydrogen-bond acceptors (Lipinski definition) is 18. The SMILES string of the molecule is C#CCOCCOCCOCCNc1nc(N2CCN(C(=O)[C@H](Cc3cc4ccccc4[nH]3)n3cc(C(N)CC(C)C)nn3)CC2)nc(N2CCN(C(=O)[C@H](CCC(=O)O)n3cc(C(N)[C@H](C)CC)nn3)CC2)n1.[Cl-].